The number of carbonyl (C=O) groups excluding carboxylic acids is 2. The van der Waals surface area contributed by atoms with Gasteiger partial charge in [-0.15, -0.1) is 0 Å². The molecule has 2 amide bonds. The van der Waals surface area contributed by atoms with Crippen molar-refractivity contribution >= 4 is 52.0 Å². The number of amides is 2. The van der Waals surface area contributed by atoms with Crippen molar-refractivity contribution in [3.05, 3.63) is 68.9 Å². The zero-order chi connectivity index (χ0) is 28.8. The summed E-state index contributed by atoms with van der Waals surface area (Å²) >= 11 is 13.1. The lowest BCUT2D eigenvalue weighted by atomic mass is 9.96. The topological polar surface area (TPSA) is 160 Å². The van der Waals surface area contributed by atoms with E-state index in [-0.39, 0.29) is 40.4 Å². The van der Waals surface area contributed by atoms with Crippen molar-refractivity contribution in [1.29, 1.82) is 5.26 Å². The molecule has 2 atom stereocenters. The number of benzene rings is 2. The van der Waals surface area contributed by atoms with Crippen LogP contribution < -0.4 is 21.3 Å². The number of carboxylic acid groups (broad SMARTS) is 1. The molecule has 1 aliphatic heterocycles. The molecule has 0 aliphatic carbocycles. The summed E-state index contributed by atoms with van der Waals surface area (Å²) in [4.78, 5) is 39.7. The van der Waals surface area contributed by atoms with E-state index in [4.69, 9.17) is 32.9 Å². The molecule has 11 nitrogen and oxygen atoms in total. The SMILES string of the molecule is CCCNC(NC#N)NC[C@H](NC(=O)c1c(Cl)cc2c(c1Cl)CCN(C(=O)c1cc3ccccc3o1)C2)C(=O)O. The zero-order valence-electron chi connectivity index (χ0n) is 21.6. The summed E-state index contributed by atoms with van der Waals surface area (Å²) in [5, 5.41) is 30.3. The molecular formula is C27H28Cl2N6O5. The lowest BCUT2D eigenvalue weighted by Crippen LogP contribution is -2.56. The van der Waals surface area contributed by atoms with Crippen LogP contribution in [0.1, 0.15) is 45.4 Å². The van der Waals surface area contributed by atoms with E-state index < -0.39 is 24.2 Å². The molecule has 0 bridgehead atoms. The summed E-state index contributed by atoms with van der Waals surface area (Å²) in [6.07, 6.45) is 2.28. The van der Waals surface area contributed by atoms with Crippen LogP contribution in [0.4, 0.5) is 0 Å². The van der Waals surface area contributed by atoms with E-state index in [0.717, 1.165) is 11.8 Å². The number of halogens is 2. The summed E-state index contributed by atoms with van der Waals surface area (Å²) in [7, 11) is 0. The number of furan rings is 1. The Morgan fingerprint density at radius 2 is 1.98 bits per heavy atom. The van der Waals surface area contributed by atoms with Crippen LogP contribution in [0, 0.1) is 11.5 Å². The van der Waals surface area contributed by atoms with Gasteiger partial charge < -0.3 is 19.7 Å². The lowest BCUT2D eigenvalue weighted by Gasteiger charge is -2.30. The average molecular weight is 587 g/mol. The van der Waals surface area contributed by atoms with Crippen molar-refractivity contribution in [2.45, 2.75) is 38.6 Å². The van der Waals surface area contributed by atoms with Gasteiger partial charge in [-0.05, 0) is 48.7 Å². The first kappa shape index (κ1) is 29.2. The van der Waals surface area contributed by atoms with E-state index >= 15 is 0 Å². The molecule has 40 heavy (non-hydrogen) atoms. The second-order valence-electron chi connectivity index (χ2n) is 9.23. The fourth-order valence-corrected chi connectivity index (χ4v) is 5.23. The largest absolute Gasteiger partial charge is 0.480 e. The molecule has 1 aromatic heterocycles. The second-order valence-corrected chi connectivity index (χ2v) is 10.0. The molecule has 3 aromatic rings. The molecule has 0 fully saturated rings. The molecule has 1 aliphatic rings. The minimum atomic E-state index is -1.33. The van der Waals surface area contributed by atoms with E-state index in [0.29, 0.717) is 36.2 Å². The lowest BCUT2D eigenvalue weighted by molar-refractivity contribution is -0.139. The van der Waals surface area contributed by atoms with Gasteiger partial charge in [0.15, 0.2) is 12.0 Å². The van der Waals surface area contributed by atoms with Crippen LogP contribution in [-0.2, 0) is 17.8 Å². The van der Waals surface area contributed by atoms with Gasteiger partial charge in [-0.3, -0.25) is 25.5 Å². The number of carbonyl (C=O) groups is 3. The van der Waals surface area contributed by atoms with E-state index in [1.807, 2.05) is 25.1 Å². The summed E-state index contributed by atoms with van der Waals surface area (Å²) in [5.41, 5.74) is 1.93. The molecular weight excluding hydrogens is 559 g/mol. The summed E-state index contributed by atoms with van der Waals surface area (Å²) in [6, 6.07) is 9.29. The predicted molar refractivity (Wildman–Crippen MR) is 149 cm³/mol. The minimum absolute atomic E-state index is 0.0324. The number of hydrogen-bond donors (Lipinski definition) is 5. The van der Waals surface area contributed by atoms with Crippen LogP contribution in [0.3, 0.4) is 0 Å². The fourth-order valence-electron chi connectivity index (χ4n) is 4.47. The number of carboxylic acids is 1. The molecule has 5 N–H and O–H groups in total. The first-order chi connectivity index (χ1) is 19.2. The van der Waals surface area contributed by atoms with E-state index in [9.17, 15) is 19.5 Å². The Balaban J connectivity index is 1.47. The van der Waals surface area contributed by atoms with Crippen molar-refractivity contribution in [2.24, 2.45) is 0 Å². The Bertz CT molecular complexity index is 1440. The average Bonchev–Trinajstić information content (AvgIpc) is 3.37. The highest BCUT2D eigenvalue weighted by Crippen LogP contribution is 2.35. The number of nitrogens with zero attached hydrogens (tertiary/aromatic N) is 2. The Kier molecular flexibility index (Phi) is 9.50. The fraction of sp³-hybridized carbons (Fsp3) is 0.333. The maximum Gasteiger partial charge on any atom is 0.327 e. The molecule has 13 heteroatoms. The van der Waals surface area contributed by atoms with Gasteiger partial charge in [0.2, 0.25) is 0 Å². The van der Waals surface area contributed by atoms with Crippen LogP contribution in [0.5, 0.6) is 0 Å². The van der Waals surface area contributed by atoms with Crippen LogP contribution in [-0.4, -0.2) is 59.8 Å². The smallest absolute Gasteiger partial charge is 0.327 e. The normalized spacial score (nSPS) is 14.2. The molecule has 210 valence electrons. The standard InChI is InChI=1S/C27H28Cl2N6O5/c1-2-8-31-27(33-14-30)32-12-19(26(38)39)34-24(36)22-18(28)10-16-13-35(9-7-17(16)23(22)29)25(37)21-11-15-5-3-4-6-20(15)40-21/h3-6,10-11,19,27,31-33H,2,7-9,12-13H2,1H3,(H,34,36)(H,38,39)/t19-,27?/m0/s1. The van der Waals surface area contributed by atoms with E-state index in [1.54, 1.807) is 29.3 Å². The number of rotatable bonds is 11. The van der Waals surface area contributed by atoms with Crippen LogP contribution in [0.15, 0.2) is 40.8 Å². The van der Waals surface area contributed by atoms with Gasteiger partial charge in [-0.2, -0.15) is 5.26 Å². The van der Waals surface area contributed by atoms with Gasteiger partial charge in [0, 0.05) is 25.0 Å². The Hall–Kier alpha value is -3.82. The highest BCUT2D eigenvalue weighted by atomic mass is 35.5. The third kappa shape index (κ3) is 6.48. The third-order valence-electron chi connectivity index (χ3n) is 6.49. The highest BCUT2D eigenvalue weighted by Gasteiger charge is 2.30. The van der Waals surface area contributed by atoms with Crippen LogP contribution in [0.2, 0.25) is 10.0 Å². The maximum absolute atomic E-state index is 13.1. The van der Waals surface area contributed by atoms with Crippen molar-refractivity contribution in [3.8, 4) is 6.19 Å². The van der Waals surface area contributed by atoms with Crippen molar-refractivity contribution in [2.75, 3.05) is 19.6 Å². The third-order valence-corrected chi connectivity index (χ3v) is 7.21. The molecule has 0 radical (unpaired) electrons. The van der Waals surface area contributed by atoms with Gasteiger partial charge in [-0.25, -0.2) is 4.79 Å². The first-order valence-corrected chi connectivity index (χ1v) is 13.4. The quantitative estimate of drug-likeness (QED) is 0.129. The van der Waals surface area contributed by atoms with E-state index in [2.05, 4.69) is 21.3 Å². The van der Waals surface area contributed by atoms with Gasteiger partial charge in [0.05, 0.1) is 15.6 Å². The Morgan fingerprint density at radius 1 is 1.20 bits per heavy atom. The van der Waals surface area contributed by atoms with Crippen molar-refractivity contribution in [1.82, 2.24) is 26.2 Å². The van der Waals surface area contributed by atoms with Gasteiger partial charge in [-0.1, -0.05) is 48.3 Å². The second kappa shape index (κ2) is 13.0. The van der Waals surface area contributed by atoms with Gasteiger partial charge in [0.1, 0.15) is 17.9 Å². The first-order valence-electron chi connectivity index (χ1n) is 12.7. The number of nitriles is 1. The monoisotopic (exact) mass is 586 g/mol. The molecule has 1 unspecified atom stereocenters. The predicted octanol–water partition coefficient (Wildman–Crippen LogP) is 3.06. The molecule has 2 aromatic carbocycles. The number of hydrogen-bond acceptors (Lipinski definition) is 8. The molecule has 0 saturated carbocycles. The van der Waals surface area contributed by atoms with Crippen LogP contribution >= 0.6 is 23.2 Å². The molecule has 4 rings (SSSR count). The Labute approximate surface area is 240 Å². The van der Waals surface area contributed by atoms with Crippen molar-refractivity contribution < 1.29 is 23.9 Å². The molecule has 2 heterocycles. The minimum Gasteiger partial charge on any atom is -0.480 e. The Morgan fingerprint density at radius 3 is 2.67 bits per heavy atom. The zero-order valence-corrected chi connectivity index (χ0v) is 23.1. The number of aliphatic carboxylic acids is 1. The maximum atomic E-state index is 13.1. The van der Waals surface area contributed by atoms with Crippen molar-refractivity contribution in [3.63, 3.8) is 0 Å². The summed E-state index contributed by atoms with van der Waals surface area (Å²) in [6.45, 7) is 2.89. The van der Waals surface area contributed by atoms with Gasteiger partial charge >= 0.3 is 5.97 Å². The van der Waals surface area contributed by atoms with E-state index in [1.165, 1.54) is 0 Å². The molecule has 0 spiro atoms. The van der Waals surface area contributed by atoms with Crippen LogP contribution in [0.25, 0.3) is 11.0 Å². The number of fused-ring (bicyclic) bond motifs is 2. The summed E-state index contributed by atoms with van der Waals surface area (Å²) in [5.74, 6) is -2.08. The number of para-hydroxylation sites is 1. The molecule has 0 saturated heterocycles. The summed E-state index contributed by atoms with van der Waals surface area (Å²) < 4.78 is 5.72. The highest BCUT2D eigenvalue weighted by molar-refractivity contribution is 6.40. The number of nitrogens with one attached hydrogen (secondary N) is 4. The van der Waals surface area contributed by atoms with Gasteiger partial charge in [0.25, 0.3) is 11.8 Å².